The molecule has 4 nitrogen and oxygen atoms in total. The van der Waals surface area contributed by atoms with Gasteiger partial charge in [-0.3, -0.25) is 4.79 Å². The lowest BCUT2D eigenvalue weighted by Gasteiger charge is -2.23. The number of piperidine rings is 1. The molecule has 1 atom stereocenters. The van der Waals surface area contributed by atoms with Gasteiger partial charge in [-0.1, -0.05) is 6.42 Å². The molecule has 16 heavy (non-hydrogen) atoms. The van der Waals surface area contributed by atoms with E-state index in [1.165, 1.54) is 19.3 Å². The fourth-order valence-electron chi connectivity index (χ4n) is 2.16. The molecular formula is C12H19N3O. The van der Waals surface area contributed by atoms with E-state index >= 15 is 0 Å². The van der Waals surface area contributed by atoms with Gasteiger partial charge in [0.25, 0.3) is 5.56 Å². The monoisotopic (exact) mass is 221 g/mol. The number of hydrogen-bond acceptors (Lipinski definition) is 3. The highest BCUT2D eigenvalue weighted by molar-refractivity contribution is 4.97. The van der Waals surface area contributed by atoms with E-state index in [0.29, 0.717) is 6.04 Å². The van der Waals surface area contributed by atoms with Crippen LogP contribution in [-0.4, -0.2) is 22.4 Å². The van der Waals surface area contributed by atoms with Crippen LogP contribution < -0.4 is 10.9 Å². The lowest BCUT2D eigenvalue weighted by atomic mass is 10.0. The van der Waals surface area contributed by atoms with Crippen LogP contribution in [0.25, 0.3) is 0 Å². The Bertz CT molecular complexity index is 393. The number of hydrogen-bond donors (Lipinski definition) is 1. The van der Waals surface area contributed by atoms with Gasteiger partial charge in [0, 0.05) is 18.7 Å². The molecule has 88 valence electrons. The van der Waals surface area contributed by atoms with Crippen LogP contribution in [0.15, 0.2) is 16.9 Å². The molecule has 1 aromatic heterocycles. The minimum Gasteiger partial charge on any atom is -0.314 e. The Hall–Kier alpha value is -1.16. The van der Waals surface area contributed by atoms with Crippen LogP contribution in [0, 0.1) is 6.92 Å². The highest BCUT2D eigenvalue weighted by Crippen LogP contribution is 2.10. The minimum absolute atomic E-state index is 0.00131. The van der Waals surface area contributed by atoms with Crippen molar-refractivity contribution in [1.29, 1.82) is 0 Å². The molecule has 1 N–H and O–H groups in total. The summed E-state index contributed by atoms with van der Waals surface area (Å²) in [7, 11) is 0. The van der Waals surface area contributed by atoms with Crippen LogP contribution in [0.2, 0.25) is 0 Å². The smallest absolute Gasteiger partial charge is 0.266 e. The maximum Gasteiger partial charge on any atom is 0.266 e. The molecule has 1 unspecified atom stereocenters. The van der Waals surface area contributed by atoms with E-state index in [4.69, 9.17) is 0 Å². The fourth-order valence-corrected chi connectivity index (χ4v) is 2.16. The Morgan fingerprint density at radius 3 is 3.12 bits per heavy atom. The third-order valence-electron chi connectivity index (χ3n) is 3.10. The third-order valence-corrected chi connectivity index (χ3v) is 3.10. The Balaban J connectivity index is 1.93. The van der Waals surface area contributed by atoms with Crippen LogP contribution in [-0.2, 0) is 6.54 Å². The predicted molar refractivity (Wildman–Crippen MR) is 63.5 cm³/mol. The van der Waals surface area contributed by atoms with Gasteiger partial charge in [0.1, 0.15) is 0 Å². The first-order valence-corrected chi connectivity index (χ1v) is 6.04. The number of rotatable bonds is 3. The molecule has 1 saturated heterocycles. The summed E-state index contributed by atoms with van der Waals surface area (Å²) >= 11 is 0. The van der Waals surface area contributed by atoms with Gasteiger partial charge in [0.05, 0.1) is 5.69 Å². The fraction of sp³-hybridized carbons (Fsp3) is 0.667. The first-order valence-electron chi connectivity index (χ1n) is 6.04. The zero-order valence-corrected chi connectivity index (χ0v) is 9.78. The van der Waals surface area contributed by atoms with Crippen LogP contribution in [0.1, 0.15) is 31.4 Å². The average Bonchev–Trinajstić information content (AvgIpc) is 2.32. The Labute approximate surface area is 95.7 Å². The molecule has 0 radical (unpaired) electrons. The zero-order valence-electron chi connectivity index (χ0n) is 9.78. The maximum absolute atomic E-state index is 11.5. The van der Waals surface area contributed by atoms with Crippen LogP contribution in [0.3, 0.4) is 0 Å². The van der Waals surface area contributed by atoms with Crippen molar-refractivity contribution in [1.82, 2.24) is 15.1 Å². The Morgan fingerprint density at radius 1 is 1.50 bits per heavy atom. The minimum atomic E-state index is 0.00131. The standard InChI is InChI=1S/C12H19N3O/c1-10-5-6-12(16)15(14-10)9-7-11-4-2-3-8-13-11/h5-6,11,13H,2-4,7-9H2,1H3. The van der Waals surface area contributed by atoms with E-state index in [2.05, 4.69) is 10.4 Å². The molecule has 0 saturated carbocycles. The number of aryl methyl sites for hydroxylation is 2. The Kier molecular flexibility index (Phi) is 3.72. The normalized spacial score (nSPS) is 20.9. The molecule has 2 heterocycles. The van der Waals surface area contributed by atoms with E-state index in [9.17, 15) is 4.79 Å². The summed E-state index contributed by atoms with van der Waals surface area (Å²) in [6, 6.07) is 3.91. The van der Waals surface area contributed by atoms with E-state index in [1.807, 2.05) is 6.92 Å². The van der Waals surface area contributed by atoms with Crippen molar-refractivity contribution in [2.75, 3.05) is 6.54 Å². The number of aromatic nitrogens is 2. The molecular weight excluding hydrogens is 202 g/mol. The van der Waals surface area contributed by atoms with Crippen molar-refractivity contribution in [2.45, 2.75) is 45.2 Å². The summed E-state index contributed by atoms with van der Waals surface area (Å²) in [5, 5.41) is 7.71. The molecule has 1 aromatic rings. The molecule has 1 aliphatic heterocycles. The second-order valence-corrected chi connectivity index (χ2v) is 4.47. The second kappa shape index (κ2) is 5.25. The van der Waals surface area contributed by atoms with Crippen molar-refractivity contribution in [2.24, 2.45) is 0 Å². The maximum atomic E-state index is 11.5. The van der Waals surface area contributed by atoms with Crippen LogP contribution in [0.5, 0.6) is 0 Å². The second-order valence-electron chi connectivity index (χ2n) is 4.47. The quantitative estimate of drug-likeness (QED) is 0.831. The summed E-state index contributed by atoms with van der Waals surface area (Å²) in [5.74, 6) is 0. The lowest BCUT2D eigenvalue weighted by Crippen LogP contribution is -2.36. The Morgan fingerprint density at radius 2 is 2.38 bits per heavy atom. The molecule has 0 bridgehead atoms. The van der Waals surface area contributed by atoms with Crippen LogP contribution in [0.4, 0.5) is 0 Å². The van der Waals surface area contributed by atoms with Gasteiger partial charge in [0.15, 0.2) is 0 Å². The summed E-state index contributed by atoms with van der Waals surface area (Å²) in [4.78, 5) is 11.5. The molecule has 4 heteroatoms. The predicted octanol–water partition coefficient (Wildman–Crippen LogP) is 1.08. The number of nitrogens with one attached hydrogen (secondary N) is 1. The lowest BCUT2D eigenvalue weighted by molar-refractivity contribution is 0.356. The van der Waals surface area contributed by atoms with Crippen LogP contribution >= 0.6 is 0 Å². The zero-order chi connectivity index (χ0) is 11.4. The van der Waals surface area contributed by atoms with Gasteiger partial charge in [0.2, 0.25) is 0 Å². The van der Waals surface area contributed by atoms with E-state index < -0.39 is 0 Å². The first kappa shape index (κ1) is 11.3. The van der Waals surface area contributed by atoms with E-state index in [-0.39, 0.29) is 5.56 Å². The van der Waals surface area contributed by atoms with Gasteiger partial charge in [-0.05, 0) is 38.8 Å². The highest BCUT2D eigenvalue weighted by atomic mass is 16.1. The van der Waals surface area contributed by atoms with Crippen molar-refractivity contribution in [3.8, 4) is 0 Å². The molecule has 1 aliphatic rings. The molecule has 1 fully saturated rings. The van der Waals surface area contributed by atoms with Gasteiger partial charge >= 0.3 is 0 Å². The highest BCUT2D eigenvalue weighted by Gasteiger charge is 2.12. The molecule has 0 amide bonds. The van der Waals surface area contributed by atoms with Gasteiger partial charge < -0.3 is 5.32 Å². The largest absolute Gasteiger partial charge is 0.314 e. The van der Waals surface area contributed by atoms with E-state index in [0.717, 1.165) is 25.2 Å². The molecule has 2 rings (SSSR count). The molecule has 0 aliphatic carbocycles. The van der Waals surface area contributed by atoms with Crippen molar-refractivity contribution in [3.63, 3.8) is 0 Å². The SMILES string of the molecule is Cc1ccc(=O)n(CCC2CCCCN2)n1. The van der Waals surface area contributed by atoms with Crippen molar-refractivity contribution in [3.05, 3.63) is 28.2 Å². The van der Waals surface area contributed by atoms with Gasteiger partial charge in [-0.15, -0.1) is 0 Å². The number of nitrogens with zero attached hydrogens (tertiary/aromatic N) is 2. The summed E-state index contributed by atoms with van der Waals surface area (Å²) in [6.45, 7) is 3.74. The third kappa shape index (κ3) is 2.92. The van der Waals surface area contributed by atoms with Crippen molar-refractivity contribution >= 4 is 0 Å². The first-order chi connectivity index (χ1) is 7.75. The average molecular weight is 221 g/mol. The van der Waals surface area contributed by atoms with Gasteiger partial charge in [-0.25, -0.2) is 4.68 Å². The molecule has 0 spiro atoms. The molecule has 0 aromatic carbocycles. The topological polar surface area (TPSA) is 46.9 Å². The summed E-state index contributed by atoms with van der Waals surface area (Å²) < 4.78 is 1.58. The van der Waals surface area contributed by atoms with Gasteiger partial charge in [-0.2, -0.15) is 5.10 Å². The van der Waals surface area contributed by atoms with Crippen molar-refractivity contribution < 1.29 is 0 Å². The summed E-state index contributed by atoms with van der Waals surface area (Å²) in [5.41, 5.74) is 0.901. The summed E-state index contributed by atoms with van der Waals surface area (Å²) in [6.07, 6.45) is 4.80. The van der Waals surface area contributed by atoms with E-state index in [1.54, 1.807) is 16.8 Å².